The average Bonchev–Trinajstić information content (AvgIpc) is 3.65. The summed E-state index contributed by atoms with van der Waals surface area (Å²) >= 11 is 0. The number of aromatic hydroxyl groups is 2. The molecule has 0 spiro atoms. The van der Waals surface area contributed by atoms with Crippen molar-refractivity contribution in [2.24, 2.45) is 0 Å². The topological polar surface area (TPSA) is 74.8 Å². The molecule has 0 bridgehead atoms. The van der Waals surface area contributed by atoms with Gasteiger partial charge in [-0.1, -0.05) is 36.4 Å². The third-order valence-electron chi connectivity index (χ3n) is 4.09. The third-order valence-corrected chi connectivity index (χ3v) is 4.09. The van der Waals surface area contributed by atoms with Crippen molar-refractivity contribution in [2.75, 3.05) is 33.1 Å². The van der Waals surface area contributed by atoms with Crippen molar-refractivity contribution in [1.82, 2.24) is 0 Å². The van der Waals surface area contributed by atoms with E-state index in [0.29, 0.717) is 23.3 Å². The van der Waals surface area contributed by atoms with Gasteiger partial charge < -0.3 is 24.4 Å². The number of halogens is 6. The maximum atomic E-state index is 11.2. The van der Waals surface area contributed by atoms with Crippen LogP contribution in [0.3, 0.4) is 0 Å². The first kappa shape index (κ1) is 25.8. The van der Waals surface area contributed by atoms with Crippen molar-refractivity contribution in [1.29, 1.82) is 0 Å². The molecule has 0 amide bonds. The van der Waals surface area contributed by atoms with Gasteiger partial charge in [-0.3, -0.25) is 0 Å². The second kappa shape index (κ2) is 11.4. The predicted octanol–water partition coefficient (Wildman–Crippen LogP) is 4.72. The number of benzene rings is 2. The van der Waals surface area contributed by atoms with Crippen LogP contribution in [0, 0.1) is 0 Å². The number of para-hydroxylation sites is 2. The van der Waals surface area contributed by atoms with Gasteiger partial charge in [-0.05, 0) is 12.1 Å². The highest BCUT2D eigenvalue weighted by Gasteiger charge is 2.57. The van der Waals surface area contributed by atoms with Crippen molar-refractivity contribution < 1.29 is 50.8 Å². The Morgan fingerprint density at radius 2 is 1.16 bits per heavy atom. The van der Waals surface area contributed by atoms with Gasteiger partial charge in [0.2, 0.25) is 0 Å². The molecule has 2 unspecified atom stereocenters. The van der Waals surface area contributed by atoms with E-state index in [0.717, 1.165) is 26.4 Å². The first-order valence-corrected chi connectivity index (χ1v) is 9.43. The number of phenolic OH excluding ortho intramolecular Hbond substituents is 2. The minimum absolute atomic E-state index is 0.175. The zero-order valence-electron chi connectivity index (χ0n) is 16.7. The molecule has 2 saturated heterocycles. The predicted molar refractivity (Wildman–Crippen MR) is 102 cm³/mol. The SMILES string of the molecule is C(OCC1CO1)C1CO1.FCC(F)(F)C(F)(F)F.Oc1ccccc1-c1ccccc1O. The molecule has 2 aromatic carbocycles. The smallest absolute Gasteiger partial charge is 0.456 e. The van der Waals surface area contributed by atoms with Crippen molar-refractivity contribution in [3.8, 4) is 22.6 Å². The number of rotatable bonds is 6. The molecule has 0 aliphatic carbocycles. The van der Waals surface area contributed by atoms with Crippen LogP contribution in [-0.2, 0) is 14.2 Å². The van der Waals surface area contributed by atoms with Gasteiger partial charge in [-0.2, -0.15) is 22.0 Å². The maximum Gasteiger partial charge on any atom is 0.456 e. The Morgan fingerprint density at radius 1 is 0.781 bits per heavy atom. The van der Waals surface area contributed by atoms with Gasteiger partial charge in [0, 0.05) is 11.1 Å². The lowest BCUT2D eigenvalue weighted by atomic mass is 10.0. The maximum absolute atomic E-state index is 11.2. The Kier molecular flexibility index (Phi) is 9.17. The van der Waals surface area contributed by atoms with E-state index in [1.807, 2.05) is 12.1 Å². The summed E-state index contributed by atoms with van der Waals surface area (Å²) in [6.45, 7) is 0.563. The molecule has 0 aromatic heterocycles. The van der Waals surface area contributed by atoms with E-state index < -0.39 is 18.8 Å². The molecule has 4 rings (SSSR count). The van der Waals surface area contributed by atoms with Crippen molar-refractivity contribution in [2.45, 2.75) is 24.3 Å². The highest BCUT2D eigenvalue weighted by molar-refractivity contribution is 5.74. The van der Waals surface area contributed by atoms with E-state index in [1.165, 1.54) is 0 Å². The molecule has 5 nitrogen and oxygen atoms in total. The minimum Gasteiger partial charge on any atom is -0.507 e. The number of alkyl halides is 6. The van der Waals surface area contributed by atoms with Crippen molar-refractivity contribution in [3.63, 3.8) is 0 Å². The molecule has 0 radical (unpaired) electrons. The van der Waals surface area contributed by atoms with Gasteiger partial charge in [-0.25, -0.2) is 4.39 Å². The van der Waals surface area contributed by atoms with Gasteiger partial charge in [0.15, 0.2) is 6.67 Å². The zero-order chi connectivity index (χ0) is 23.8. The lowest BCUT2D eigenvalue weighted by molar-refractivity contribution is -0.286. The summed E-state index contributed by atoms with van der Waals surface area (Å²) in [6, 6.07) is 13.9. The summed E-state index contributed by atoms with van der Waals surface area (Å²) in [6.07, 6.45) is -4.98. The van der Waals surface area contributed by atoms with Gasteiger partial charge in [0.1, 0.15) is 23.7 Å². The molecular formula is C21H22F6O5. The Morgan fingerprint density at radius 3 is 1.41 bits per heavy atom. The summed E-state index contributed by atoms with van der Waals surface area (Å²) < 4.78 is 80.8. The molecule has 2 aliphatic heterocycles. The largest absolute Gasteiger partial charge is 0.507 e. The molecule has 2 fully saturated rings. The molecule has 178 valence electrons. The standard InChI is InChI=1S/C12H10O2.C6H10O3.C3H2F6/c13-11-7-3-1-5-9(11)10-6-2-4-8-12(10)14;1(5-3-8-5)7-2-6-4-9-6;4-1-2(5,6)3(7,8)9/h1-8,13-14H;5-6H,1-4H2;1H2. The van der Waals surface area contributed by atoms with E-state index in [2.05, 4.69) is 0 Å². The van der Waals surface area contributed by atoms with Crippen molar-refractivity contribution in [3.05, 3.63) is 48.5 Å². The monoisotopic (exact) mass is 468 g/mol. The van der Waals surface area contributed by atoms with E-state index in [9.17, 15) is 36.6 Å². The second-order valence-electron chi connectivity index (χ2n) is 6.82. The molecule has 2 aliphatic rings. The highest BCUT2D eigenvalue weighted by atomic mass is 19.4. The highest BCUT2D eigenvalue weighted by Crippen LogP contribution is 2.35. The van der Waals surface area contributed by atoms with Crippen LogP contribution in [0.4, 0.5) is 26.3 Å². The van der Waals surface area contributed by atoms with Gasteiger partial charge in [0.25, 0.3) is 0 Å². The molecule has 2 heterocycles. The molecule has 2 aromatic rings. The summed E-state index contributed by atoms with van der Waals surface area (Å²) in [5, 5.41) is 19.2. The van der Waals surface area contributed by atoms with Gasteiger partial charge in [-0.15, -0.1) is 0 Å². The Balaban J connectivity index is 0.000000178. The fourth-order valence-electron chi connectivity index (χ4n) is 2.14. The lowest BCUT2D eigenvalue weighted by Gasteiger charge is -2.14. The Bertz CT molecular complexity index is 782. The number of epoxide rings is 2. The van der Waals surface area contributed by atoms with Crippen LogP contribution in [-0.4, -0.2) is 67.6 Å². The van der Waals surface area contributed by atoms with Crippen LogP contribution in [0.2, 0.25) is 0 Å². The molecule has 32 heavy (non-hydrogen) atoms. The summed E-state index contributed by atoms with van der Waals surface area (Å²) in [5.74, 6) is -4.84. The second-order valence-corrected chi connectivity index (χ2v) is 6.82. The van der Waals surface area contributed by atoms with Crippen molar-refractivity contribution >= 4 is 0 Å². The van der Waals surface area contributed by atoms with Crippen LogP contribution >= 0.6 is 0 Å². The molecular weight excluding hydrogens is 446 g/mol. The molecule has 0 saturated carbocycles. The molecule has 11 heteroatoms. The third kappa shape index (κ3) is 8.56. The Hall–Kier alpha value is -2.50. The van der Waals surface area contributed by atoms with E-state index in [1.54, 1.807) is 36.4 Å². The first-order chi connectivity index (χ1) is 15.0. The molecule has 2 atom stereocenters. The minimum atomic E-state index is -5.76. The number of hydrogen-bond acceptors (Lipinski definition) is 5. The van der Waals surface area contributed by atoms with Crippen LogP contribution in [0.25, 0.3) is 11.1 Å². The van der Waals surface area contributed by atoms with Crippen LogP contribution in [0.5, 0.6) is 11.5 Å². The fraction of sp³-hybridized carbons (Fsp3) is 0.429. The summed E-state index contributed by atoms with van der Waals surface area (Å²) in [7, 11) is 0. The van der Waals surface area contributed by atoms with E-state index in [4.69, 9.17) is 14.2 Å². The fourth-order valence-corrected chi connectivity index (χ4v) is 2.14. The average molecular weight is 468 g/mol. The number of hydrogen-bond donors (Lipinski definition) is 2. The first-order valence-electron chi connectivity index (χ1n) is 9.43. The Labute approximate surface area is 180 Å². The summed E-state index contributed by atoms with van der Waals surface area (Å²) in [4.78, 5) is 0. The van der Waals surface area contributed by atoms with E-state index >= 15 is 0 Å². The number of phenols is 2. The van der Waals surface area contributed by atoms with E-state index in [-0.39, 0.29) is 11.5 Å². The van der Waals surface area contributed by atoms with Crippen LogP contribution in [0.15, 0.2) is 48.5 Å². The quantitative estimate of drug-likeness (QED) is 0.474. The lowest BCUT2D eigenvalue weighted by Crippen LogP contribution is -2.38. The van der Waals surface area contributed by atoms with Gasteiger partial charge in [0.05, 0.1) is 26.4 Å². The molecule has 2 N–H and O–H groups in total. The van der Waals surface area contributed by atoms with Gasteiger partial charge >= 0.3 is 12.1 Å². The normalized spacial score (nSPS) is 19.2. The number of ether oxygens (including phenoxy) is 3. The van der Waals surface area contributed by atoms with Crippen LogP contribution < -0.4 is 0 Å². The summed E-state index contributed by atoms with van der Waals surface area (Å²) in [5.41, 5.74) is 1.29. The zero-order valence-corrected chi connectivity index (χ0v) is 16.7. The van der Waals surface area contributed by atoms with Crippen LogP contribution in [0.1, 0.15) is 0 Å².